The van der Waals surface area contributed by atoms with Crippen LogP contribution in [-0.2, 0) is 4.74 Å². The number of thiocarbonyl (C=S) groups is 1. The molecule has 18 heavy (non-hydrogen) atoms. The van der Waals surface area contributed by atoms with Crippen molar-refractivity contribution in [2.24, 2.45) is 5.41 Å². The molecule has 0 aliphatic rings. The van der Waals surface area contributed by atoms with Gasteiger partial charge < -0.3 is 15.4 Å². The van der Waals surface area contributed by atoms with Gasteiger partial charge in [-0.15, -0.1) is 0 Å². The quantitative estimate of drug-likeness (QED) is 0.552. The van der Waals surface area contributed by atoms with Crippen LogP contribution in [-0.4, -0.2) is 30.4 Å². The third-order valence-electron chi connectivity index (χ3n) is 2.38. The van der Waals surface area contributed by atoms with Crippen LogP contribution in [0, 0.1) is 5.41 Å². The summed E-state index contributed by atoms with van der Waals surface area (Å²) in [6.07, 6.45) is 2.05. The van der Waals surface area contributed by atoms with Crippen molar-refractivity contribution in [3.8, 4) is 0 Å². The molecule has 0 saturated heterocycles. The van der Waals surface area contributed by atoms with Gasteiger partial charge in [-0.05, 0) is 51.2 Å². The van der Waals surface area contributed by atoms with Crippen LogP contribution in [0.3, 0.4) is 0 Å². The predicted molar refractivity (Wildman–Crippen MR) is 83.0 cm³/mol. The van der Waals surface area contributed by atoms with E-state index in [2.05, 4.69) is 45.3 Å². The first-order valence-corrected chi connectivity index (χ1v) is 7.21. The van der Waals surface area contributed by atoms with Crippen LogP contribution >= 0.6 is 12.2 Å². The SMILES string of the molecule is CCOCCCNC(=S)NC(C)(C)CC(C)(C)C. The van der Waals surface area contributed by atoms with E-state index in [1.54, 1.807) is 0 Å². The Morgan fingerprint density at radius 3 is 2.28 bits per heavy atom. The first-order valence-electron chi connectivity index (χ1n) is 6.80. The van der Waals surface area contributed by atoms with Crippen LogP contribution in [0.5, 0.6) is 0 Å². The fourth-order valence-electron chi connectivity index (χ4n) is 2.24. The zero-order valence-corrected chi connectivity index (χ0v) is 13.7. The Bertz CT molecular complexity index is 247. The lowest BCUT2D eigenvalue weighted by molar-refractivity contribution is 0.145. The van der Waals surface area contributed by atoms with E-state index in [1.165, 1.54) is 0 Å². The van der Waals surface area contributed by atoms with E-state index in [0.717, 1.165) is 37.7 Å². The molecule has 0 aromatic rings. The standard InChI is InChI=1S/C14H30N2OS/c1-7-17-10-8-9-15-12(18)16-14(5,6)11-13(2,3)4/h7-11H2,1-6H3,(H2,15,16,18). The van der Waals surface area contributed by atoms with Crippen molar-refractivity contribution in [2.75, 3.05) is 19.8 Å². The van der Waals surface area contributed by atoms with Crippen LogP contribution < -0.4 is 10.6 Å². The van der Waals surface area contributed by atoms with Gasteiger partial charge in [-0.3, -0.25) is 0 Å². The molecule has 0 radical (unpaired) electrons. The van der Waals surface area contributed by atoms with Crippen molar-refractivity contribution in [2.45, 2.75) is 59.9 Å². The Morgan fingerprint density at radius 2 is 1.78 bits per heavy atom. The summed E-state index contributed by atoms with van der Waals surface area (Å²) in [6, 6.07) is 0. The Labute approximate surface area is 118 Å². The molecular weight excluding hydrogens is 244 g/mol. The smallest absolute Gasteiger partial charge is 0.166 e. The minimum absolute atomic E-state index is 0.0161. The average molecular weight is 274 g/mol. The summed E-state index contributed by atoms with van der Waals surface area (Å²) in [5.41, 5.74) is 0.309. The third kappa shape index (κ3) is 10.8. The van der Waals surface area contributed by atoms with Crippen molar-refractivity contribution in [3.05, 3.63) is 0 Å². The van der Waals surface area contributed by atoms with Crippen LogP contribution in [0.25, 0.3) is 0 Å². The molecule has 2 N–H and O–H groups in total. The molecule has 0 fully saturated rings. The van der Waals surface area contributed by atoms with E-state index >= 15 is 0 Å². The van der Waals surface area contributed by atoms with Gasteiger partial charge in [-0.2, -0.15) is 0 Å². The van der Waals surface area contributed by atoms with E-state index in [9.17, 15) is 0 Å². The van der Waals surface area contributed by atoms with Gasteiger partial charge in [0.25, 0.3) is 0 Å². The highest BCUT2D eigenvalue weighted by atomic mass is 32.1. The highest BCUT2D eigenvalue weighted by Gasteiger charge is 2.25. The maximum atomic E-state index is 5.31. The summed E-state index contributed by atoms with van der Waals surface area (Å²) in [4.78, 5) is 0. The van der Waals surface area contributed by atoms with Crippen molar-refractivity contribution in [3.63, 3.8) is 0 Å². The van der Waals surface area contributed by atoms with Gasteiger partial charge in [0.05, 0.1) is 0 Å². The Hall–Kier alpha value is -0.350. The Kier molecular flexibility index (Phi) is 7.79. The lowest BCUT2D eigenvalue weighted by Crippen LogP contribution is -2.50. The van der Waals surface area contributed by atoms with Crippen molar-refractivity contribution in [1.82, 2.24) is 10.6 Å². The van der Waals surface area contributed by atoms with Gasteiger partial charge in [0.2, 0.25) is 0 Å². The second kappa shape index (κ2) is 7.95. The largest absolute Gasteiger partial charge is 0.382 e. The molecular formula is C14H30N2OS. The maximum absolute atomic E-state index is 5.31. The second-order valence-corrected chi connectivity index (χ2v) is 6.96. The molecule has 0 spiro atoms. The minimum atomic E-state index is 0.0161. The molecule has 0 aromatic heterocycles. The van der Waals surface area contributed by atoms with E-state index < -0.39 is 0 Å². The summed E-state index contributed by atoms with van der Waals surface area (Å²) in [5, 5.41) is 7.34. The average Bonchev–Trinajstić information content (AvgIpc) is 2.12. The van der Waals surface area contributed by atoms with E-state index in [4.69, 9.17) is 17.0 Å². The topological polar surface area (TPSA) is 33.3 Å². The Morgan fingerprint density at radius 1 is 1.17 bits per heavy atom. The van der Waals surface area contributed by atoms with E-state index in [0.29, 0.717) is 5.41 Å². The molecule has 0 rings (SSSR count). The second-order valence-electron chi connectivity index (χ2n) is 6.55. The first-order chi connectivity index (χ1) is 8.16. The van der Waals surface area contributed by atoms with Crippen molar-refractivity contribution >= 4 is 17.3 Å². The number of ether oxygens (including phenoxy) is 1. The fourth-order valence-corrected chi connectivity index (χ4v) is 2.62. The molecule has 0 aliphatic carbocycles. The van der Waals surface area contributed by atoms with E-state index in [1.807, 2.05) is 6.92 Å². The highest BCUT2D eigenvalue weighted by Crippen LogP contribution is 2.26. The maximum Gasteiger partial charge on any atom is 0.166 e. The number of nitrogens with one attached hydrogen (secondary N) is 2. The lowest BCUT2D eigenvalue weighted by Gasteiger charge is -2.34. The third-order valence-corrected chi connectivity index (χ3v) is 2.63. The molecule has 4 heteroatoms. The van der Waals surface area contributed by atoms with Crippen LogP contribution in [0.1, 0.15) is 54.4 Å². The molecule has 0 heterocycles. The molecule has 0 amide bonds. The van der Waals surface area contributed by atoms with Crippen LogP contribution in [0.15, 0.2) is 0 Å². The van der Waals surface area contributed by atoms with Crippen molar-refractivity contribution in [1.29, 1.82) is 0 Å². The van der Waals surface area contributed by atoms with Gasteiger partial charge in [-0.1, -0.05) is 20.8 Å². The molecule has 0 aliphatic heterocycles. The zero-order chi connectivity index (χ0) is 14.2. The molecule has 0 atom stereocenters. The van der Waals surface area contributed by atoms with Crippen LogP contribution in [0.4, 0.5) is 0 Å². The van der Waals surface area contributed by atoms with E-state index in [-0.39, 0.29) is 5.54 Å². The highest BCUT2D eigenvalue weighted by molar-refractivity contribution is 7.80. The normalized spacial score (nSPS) is 12.3. The molecule has 0 saturated carbocycles. The first kappa shape index (κ1) is 17.6. The van der Waals surface area contributed by atoms with Crippen LogP contribution in [0.2, 0.25) is 0 Å². The molecule has 0 bridgehead atoms. The summed E-state index contributed by atoms with van der Waals surface area (Å²) in [5.74, 6) is 0. The summed E-state index contributed by atoms with van der Waals surface area (Å²) in [6.45, 7) is 15.5. The molecule has 108 valence electrons. The van der Waals surface area contributed by atoms with Gasteiger partial charge in [0, 0.05) is 25.3 Å². The summed E-state index contributed by atoms with van der Waals surface area (Å²) >= 11 is 5.31. The lowest BCUT2D eigenvalue weighted by atomic mass is 9.82. The minimum Gasteiger partial charge on any atom is -0.382 e. The van der Waals surface area contributed by atoms with Crippen molar-refractivity contribution < 1.29 is 4.74 Å². The Balaban J connectivity index is 3.85. The molecule has 0 unspecified atom stereocenters. The zero-order valence-electron chi connectivity index (χ0n) is 12.9. The van der Waals surface area contributed by atoms with Gasteiger partial charge in [0.15, 0.2) is 5.11 Å². The van der Waals surface area contributed by atoms with Gasteiger partial charge >= 0.3 is 0 Å². The number of hydrogen-bond donors (Lipinski definition) is 2. The summed E-state index contributed by atoms with van der Waals surface area (Å²) < 4.78 is 5.28. The monoisotopic (exact) mass is 274 g/mol. The fraction of sp³-hybridized carbons (Fsp3) is 0.929. The predicted octanol–water partition coefficient (Wildman–Crippen LogP) is 3.09. The molecule has 0 aromatic carbocycles. The molecule has 3 nitrogen and oxygen atoms in total. The number of hydrogen-bond acceptors (Lipinski definition) is 2. The summed E-state index contributed by atoms with van der Waals surface area (Å²) in [7, 11) is 0. The van der Waals surface area contributed by atoms with Gasteiger partial charge in [0.1, 0.15) is 0 Å². The number of rotatable bonds is 7. The van der Waals surface area contributed by atoms with Gasteiger partial charge in [-0.25, -0.2) is 0 Å².